The fourth-order valence-corrected chi connectivity index (χ4v) is 5.87. The summed E-state index contributed by atoms with van der Waals surface area (Å²) in [6.45, 7) is 3.88. The number of amides is 1. The Balaban J connectivity index is 1.33. The number of piperidine rings is 1. The second kappa shape index (κ2) is 24.3. The molecule has 0 bridgehead atoms. The molecule has 0 spiro atoms. The van der Waals surface area contributed by atoms with Crippen molar-refractivity contribution in [1.82, 2.24) is 10.3 Å². The highest BCUT2D eigenvalue weighted by Gasteiger charge is 2.34. The summed E-state index contributed by atoms with van der Waals surface area (Å²) in [6.07, 6.45) is 1.33. The van der Waals surface area contributed by atoms with Crippen LogP contribution >= 0.6 is 0 Å². The zero-order valence-electron chi connectivity index (χ0n) is 31.4. The molecule has 0 radical (unpaired) electrons. The van der Waals surface area contributed by atoms with Gasteiger partial charge in [0, 0.05) is 50.7 Å². The minimum absolute atomic E-state index is 0.00259. The molecule has 15 nitrogen and oxygen atoms in total. The van der Waals surface area contributed by atoms with Gasteiger partial charge < -0.3 is 47.5 Å². The van der Waals surface area contributed by atoms with E-state index in [1.54, 1.807) is 26.2 Å². The predicted molar refractivity (Wildman–Crippen MR) is 195 cm³/mol. The molecule has 0 aliphatic carbocycles. The van der Waals surface area contributed by atoms with Gasteiger partial charge in [-0.1, -0.05) is 30.3 Å². The lowest BCUT2D eigenvalue weighted by atomic mass is 9.87. The Morgan fingerprint density at radius 3 is 2.26 bits per heavy atom. The number of methoxy groups -OCH3 is 3. The molecule has 3 aromatic rings. The van der Waals surface area contributed by atoms with Crippen molar-refractivity contribution in [1.29, 1.82) is 0 Å². The summed E-state index contributed by atoms with van der Waals surface area (Å²) in [5.74, 6) is 2.90. The van der Waals surface area contributed by atoms with E-state index in [2.05, 4.69) is 4.84 Å². The molecule has 2 atom stereocenters. The Hall–Kier alpha value is -4.19. The van der Waals surface area contributed by atoms with Gasteiger partial charge in [-0.15, -0.1) is 0 Å². The van der Waals surface area contributed by atoms with E-state index in [9.17, 15) is 4.79 Å². The maximum absolute atomic E-state index is 13.0. The summed E-state index contributed by atoms with van der Waals surface area (Å²) in [5.41, 5.74) is 2.95. The van der Waals surface area contributed by atoms with E-state index in [1.165, 1.54) is 0 Å². The quantitative estimate of drug-likeness (QED) is 0.0808. The molecule has 3 aromatic carbocycles. The SMILES string of the molecule is COCCCOc1cc(COC2CN(C(=O)OCCOCCON(O)O)CC[C@@H]2c2ccc(OCCCOCc3ccccc3OC)cc2)cc(OC)c1. The van der Waals surface area contributed by atoms with Crippen molar-refractivity contribution in [2.45, 2.75) is 44.5 Å². The van der Waals surface area contributed by atoms with Crippen LogP contribution in [0.3, 0.4) is 0 Å². The molecule has 1 aliphatic rings. The summed E-state index contributed by atoms with van der Waals surface area (Å²) in [6, 6.07) is 21.5. The minimum Gasteiger partial charge on any atom is -0.497 e. The standard InChI is InChI=1S/C39H54N2O13/c1-45-16-6-18-51-35-25-30(24-34(26-35)46-2)28-53-38-27-40(39(42)52-22-20-48-21-23-54-41(43)44)15-14-36(38)31-10-12-33(13-11-31)50-19-7-17-49-29-32-8-4-5-9-37(32)47-3/h4-5,8-13,24-26,36,38,43-44H,6-7,14-23,27-29H2,1-3H3/t36-,38?/m1/s1. The number of rotatable bonds is 25. The molecular weight excluding hydrogens is 704 g/mol. The van der Waals surface area contributed by atoms with E-state index in [0.717, 1.165) is 41.0 Å². The van der Waals surface area contributed by atoms with Crippen LogP contribution in [0.4, 0.5) is 4.79 Å². The van der Waals surface area contributed by atoms with E-state index in [4.69, 9.17) is 53.0 Å². The van der Waals surface area contributed by atoms with Crippen molar-refractivity contribution in [2.24, 2.45) is 0 Å². The van der Waals surface area contributed by atoms with Gasteiger partial charge in [0.15, 0.2) is 0 Å². The number of carbonyl (C=O) groups is 1. The summed E-state index contributed by atoms with van der Waals surface area (Å²) < 4.78 is 51.1. The molecular formula is C39H54N2O13. The van der Waals surface area contributed by atoms with Crippen molar-refractivity contribution in [3.8, 4) is 23.0 Å². The Morgan fingerprint density at radius 1 is 0.759 bits per heavy atom. The van der Waals surface area contributed by atoms with Gasteiger partial charge in [-0.05, 0) is 47.9 Å². The third-order valence-corrected chi connectivity index (χ3v) is 8.57. The van der Waals surface area contributed by atoms with Crippen LogP contribution in [0.2, 0.25) is 0 Å². The van der Waals surface area contributed by atoms with Crippen molar-refractivity contribution in [3.05, 3.63) is 83.4 Å². The number of benzene rings is 3. The Labute approximate surface area is 316 Å². The number of hydrogen-bond donors (Lipinski definition) is 2. The van der Waals surface area contributed by atoms with Gasteiger partial charge in [0.05, 0.1) is 85.1 Å². The summed E-state index contributed by atoms with van der Waals surface area (Å²) in [4.78, 5) is 19.1. The van der Waals surface area contributed by atoms with Gasteiger partial charge in [-0.2, -0.15) is 0 Å². The lowest BCUT2D eigenvalue weighted by Crippen LogP contribution is -2.47. The molecule has 1 amide bonds. The van der Waals surface area contributed by atoms with Crippen LogP contribution < -0.4 is 18.9 Å². The highest BCUT2D eigenvalue weighted by Crippen LogP contribution is 2.33. The molecule has 2 N–H and O–H groups in total. The lowest BCUT2D eigenvalue weighted by molar-refractivity contribution is -0.493. The smallest absolute Gasteiger partial charge is 0.409 e. The van der Waals surface area contributed by atoms with Crippen LogP contribution in [-0.2, 0) is 41.7 Å². The largest absolute Gasteiger partial charge is 0.497 e. The molecule has 1 saturated heterocycles. The van der Waals surface area contributed by atoms with E-state index in [0.29, 0.717) is 64.0 Å². The van der Waals surface area contributed by atoms with Crippen molar-refractivity contribution in [2.75, 3.05) is 87.3 Å². The Bertz CT molecular complexity index is 1490. The minimum atomic E-state index is -0.470. The first kappa shape index (κ1) is 42.6. The fraction of sp³-hybridized carbons (Fsp3) is 0.513. The van der Waals surface area contributed by atoms with E-state index < -0.39 is 6.09 Å². The highest BCUT2D eigenvalue weighted by atomic mass is 17.1. The first-order valence-corrected chi connectivity index (χ1v) is 18.0. The number of hydrogen-bond acceptors (Lipinski definition) is 14. The molecule has 1 fully saturated rings. The monoisotopic (exact) mass is 758 g/mol. The maximum Gasteiger partial charge on any atom is 0.409 e. The first-order valence-electron chi connectivity index (χ1n) is 18.0. The molecule has 1 aliphatic heterocycles. The van der Waals surface area contributed by atoms with Crippen LogP contribution in [0.1, 0.15) is 41.9 Å². The van der Waals surface area contributed by atoms with Crippen LogP contribution in [0.5, 0.6) is 23.0 Å². The molecule has 15 heteroatoms. The topological polar surface area (TPSA) is 156 Å². The van der Waals surface area contributed by atoms with Crippen LogP contribution in [0.15, 0.2) is 66.7 Å². The number of carbonyl (C=O) groups excluding carboxylic acids is 1. The predicted octanol–water partition coefficient (Wildman–Crippen LogP) is 5.64. The summed E-state index contributed by atoms with van der Waals surface area (Å²) in [5, 5.41) is 16.8. The van der Waals surface area contributed by atoms with Gasteiger partial charge in [0.2, 0.25) is 0 Å². The lowest BCUT2D eigenvalue weighted by Gasteiger charge is -2.38. The zero-order valence-corrected chi connectivity index (χ0v) is 31.4. The number of para-hydroxylation sites is 1. The first-order chi connectivity index (χ1) is 26.4. The Morgan fingerprint density at radius 2 is 1.50 bits per heavy atom. The fourth-order valence-electron chi connectivity index (χ4n) is 5.87. The highest BCUT2D eigenvalue weighted by molar-refractivity contribution is 5.67. The van der Waals surface area contributed by atoms with Gasteiger partial charge in [0.1, 0.15) is 29.6 Å². The van der Waals surface area contributed by atoms with E-state index in [1.807, 2.05) is 66.7 Å². The van der Waals surface area contributed by atoms with E-state index in [-0.39, 0.29) is 50.4 Å². The molecule has 0 saturated carbocycles. The second-order valence-corrected chi connectivity index (χ2v) is 12.4. The van der Waals surface area contributed by atoms with Gasteiger partial charge in [-0.3, -0.25) is 10.4 Å². The molecule has 54 heavy (non-hydrogen) atoms. The van der Waals surface area contributed by atoms with Gasteiger partial charge >= 0.3 is 6.09 Å². The van der Waals surface area contributed by atoms with Crippen molar-refractivity contribution >= 4 is 6.09 Å². The third-order valence-electron chi connectivity index (χ3n) is 8.57. The molecule has 1 unspecified atom stereocenters. The van der Waals surface area contributed by atoms with Crippen molar-refractivity contribution in [3.63, 3.8) is 0 Å². The van der Waals surface area contributed by atoms with Gasteiger partial charge in [0.25, 0.3) is 0 Å². The van der Waals surface area contributed by atoms with Crippen LogP contribution in [-0.4, -0.2) is 120 Å². The molecule has 0 aromatic heterocycles. The summed E-state index contributed by atoms with van der Waals surface area (Å²) in [7, 11) is 4.92. The number of likely N-dealkylation sites (tertiary alicyclic amines) is 1. The van der Waals surface area contributed by atoms with Crippen LogP contribution in [0.25, 0.3) is 0 Å². The Kier molecular flexibility index (Phi) is 19.1. The molecule has 1 heterocycles. The normalized spacial score (nSPS) is 15.6. The number of nitrogens with zero attached hydrogens (tertiary/aromatic N) is 2. The number of ether oxygens (including phenoxy) is 9. The zero-order chi connectivity index (χ0) is 38.4. The average molecular weight is 759 g/mol. The second-order valence-electron chi connectivity index (χ2n) is 12.4. The molecule has 298 valence electrons. The summed E-state index contributed by atoms with van der Waals surface area (Å²) >= 11 is 0. The maximum atomic E-state index is 13.0. The van der Waals surface area contributed by atoms with Crippen LogP contribution in [0, 0.1) is 0 Å². The third kappa shape index (κ3) is 14.9. The van der Waals surface area contributed by atoms with Crippen molar-refractivity contribution < 1.29 is 62.7 Å². The average Bonchev–Trinajstić information content (AvgIpc) is 3.19. The van der Waals surface area contributed by atoms with E-state index >= 15 is 0 Å². The molecule has 4 rings (SSSR count). The van der Waals surface area contributed by atoms with Gasteiger partial charge in [-0.25, -0.2) is 9.63 Å².